The van der Waals surface area contributed by atoms with Gasteiger partial charge in [0.05, 0.1) is 0 Å². The number of carbonyl (C=O) groups is 1. The van der Waals surface area contributed by atoms with Crippen LogP contribution in [0.5, 0.6) is 0 Å². The van der Waals surface area contributed by atoms with Gasteiger partial charge < -0.3 is 15.1 Å². The van der Waals surface area contributed by atoms with Gasteiger partial charge in [-0.2, -0.15) is 0 Å². The highest BCUT2D eigenvalue weighted by molar-refractivity contribution is 5.75. The Balaban J connectivity index is 1.63. The van der Waals surface area contributed by atoms with Crippen molar-refractivity contribution in [2.24, 2.45) is 5.92 Å². The zero-order valence-corrected chi connectivity index (χ0v) is 13.6. The monoisotopic (exact) mass is 302 g/mol. The summed E-state index contributed by atoms with van der Waals surface area (Å²) in [6, 6.07) is 4.50. The Morgan fingerprint density at radius 1 is 1.36 bits per heavy atom. The summed E-state index contributed by atoms with van der Waals surface area (Å²) < 4.78 is 0. The summed E-state index contributed by atoms with van der Waals surface area (Å²) in [6.45, 7) is 1.44. The number of piperidine rings is 1. The molecule has 0 bridgehead atoms. The van der Waals surface area contributed by atoms with E-state index in [9.17, 15) is 4.79 Å². The minimum atomic E-state index is 0.0881. The van der Waals surface area contributed by atoms with E-state index in [0.29, 0.717) is 12.6 Å². The van der Waals surface area contributed by atoms with Gasteiger partial charge in [-0.25, -0.2) is 9.78 Å². The Morgan fingerprint density at radius 3 is 3.00 bits per heavy atom. The lowest BCUT2D eigenvalue weighted by molar-refractivity contribution is 0.128. The normalized spacial score (nSPS) is 24.0. The Morgan fingerprint density at radius 2 is 2.18 bits per heavy atom. The minimum Gasteiger partial charge on any atom is -0.362 e. The van der Waals surface area contributed by atoms with E-state index < -0.39 is 0 Å². The fourth-order valence-corrected chi connectivity index (χ4v) is 3.95. The van der Waals surface area contributed by atoms with E-state index in [1.54, 1.807) is 6.20 Å². The summed E-state index contributed by atoms with van der Waals surface area (Å²) in [6.07, 6.45) is 7.96. The zero-order valence-electron chi connectivity index (χ0n) is 13.6. The topological polar surface area (TPSA) is 48.5 Å². The second-order valence-electron chi connectivity index (χ2n) is 6.63. The first-order chi connectivity index (χ1) is 10.7. The van der Waals surface area contributed by atoms with E-state index >= 15 is 0 Å². The number of likely N-dealkylation sites (tertiary alicyclic amines) is 1. The molecule has 3 rings (SSSR count). The molecule has 2 heterocycles. The van der Waals surface area contributed by atoms with Gasteiger partial charge in [-0.05, 0) is 37.7 Å². The average Bonchev–Trinajstić information content (AvgIpc) is 3.01. The molecule has 22 heavy (non-hydrogen) atoms. The maximum Gasteiger partial charge on any atom is 0.317 e. The molecule has 1 saturated carbocycles. The molecule has 0 radical (unpaired) electrons. The van der Waals surface area contributed by atoms with Gasteiger partial charge in [0.2, 0.25) is 0 Å². The first-order valence-corrected chi connectivity index (χ1v) is 8.32. The van der Waals surface area contributed by atoms with E-state index in [4.69, 9.17) is 0 Å². The Labute approximate surface area is 132 Å². The van der Waals surface area contributed by atoms with Crippen LogP contribution in [0.25, 0.3) is 0 Å². The predicted octanol–water partition coefficient (Wildman–Crippen LogP) is 2.62. The largest absolute Gasteiger partial charge is 0.362 e. The number of urea groups is 1. The number of carbonyl (C=O) groups excluding carboxylic acids is 1. The third-order valence-corrected chi connectivity index (χ3v) is 4.98. The molecule has 1 aromatic rings. The summed E-state index contributed by atoms with van der Waals surface area (Å²) >= 11 is 0. The van der Waals surface area contributed by atoms with Crippen LogP contribution in [0, 0.1) is 5.92 Å². The number of rotatable bonds is 3. The van der Waals surface area contributed by atoms with E-state index in [-0.39, 0.29) is 6.03 Å². The van der Waals surface area contributed by atoms with Crippen molar-refractivity contribution in [1.82, 2.24) is 15.2 Å². The molecule has 2 amide bonds. The molecule has 0 aromatic carbocycles. The summed E-state index contributed by atoms with van der Waals surface area (Å²) in [5.41, 5.74) is 1.06. The summed E-state index contributed by atoms with van der Waals surface area (Å²) in [4.78, 5) is 21.0. The maximum absolute atomic E-state index is 12.6. The molecular formula is C17H26N4O. The van der Waals surface area contributed by atoms with Crippen LogP contribution in [0.4, 0.5) is 10.6 Å². The van der Waals surface area contributed by atoms with E-state index in [0.717, 1.165) is 30.3 Å². The van der Waals surface area contributed by atoms with Crippen molar-refractivity contribution in [3.05, 3.63) is 23.9 Å². The Bertz CT molecular complexity index is 531. The van der Waals surface area contributed by atoms with E-state index in [1.807, 2.05) is 31.1 Å². The van der Waals surface area contributed by atoms with Crippen LogP contribution in [0.15, 0.2) is 18.3 Å². The second kappa shape index (κ2) is 6.55. The van der Waals surface area contributed by atoms with Crippen LogP contribution in [0.2, 0.25) is 0 Å². The second-order valence-corrected chi connectivity index (χ2v) is 6.63. The van der Waals surface area contributed by atoms with Gasteiger partial charge in [0.1, 0.15) is 5.82 Å². The van der Waals surface area contributed by atoms with Crippen LogP contribution in [-0.4, -0.2) is 42.6 Å². The molecule has 1 aliphatic carbocycles. The molecule has 2 fully saturated rings. The lowest BCUT2D eigenvalue weighted by atomic mass is 9.92. The Hall–Kier alpha value is -1.78. The number of nitrogens with one attached hydrogen (secondary N) is 1. The van der Waals surface area contributed by atoms with Gasteiger partial charge in [-0.3, -0.25) is 0 Å². The van der Waals surface area contributed by atoms with Gasteiger partial charge in [0, 0.05) is 45.0 Å². The third kappa shape index (κ3) is 3.03. The standard InChI is InChI=1S/C17H26N4O/c1-20(2)16-14(7-4-10-18-16)12-19-17(22)21-11-5-8-13-6-3-9-15(13)21/h4,7,10,13,15H,3,5-6,8-9,11-12H2,1-2H3,(H,19,22). The smallest absolute Gasteiger partial charge is 0.317 e. The Kier molecular flexibility index (Phi) is 4.50. The first kappa shape index (κ1) is 15.1. The van der Waals surface area contributed by atoms with Crippen LogP contribution < -0.4 is 10.2 Å². The number of anilines is 1. The molecule has 1 saturated heterocycles. The number of nitrogens with zero attached hydrogens (tertiary/aromatic N) is 3. The molecule has 2 unspecified atom stereocenters. The van der Waals surface area contributed by atoms with E-state index in [2.05, 4.69) is 15.2 Å². The minimum absolute atomic E-state index is 0.0881. The van der Waals surface area contributed by atoms with E-state index in [1.165, 1.54) is 25.7 Å². The van der Waals surface area contributed by atoms with Crippen molar-refractivity contribution in [2.45, 2.75) is 44.7 Å². The van der Waals surface area contributed by atoms with Crippen molar-refractivity contribution < 1.29 is 4.79 Å². The highest BCUT2D eigenvalue weighted by atomic mass is 16.2. The van der Waals surface area contributed by atoms with Crippen LogP contribution in [-0.2, 0) is 6.54 Å². The van der Waals surface area contributed by atoms with Crippen molar-refractivity contribution in [3.63, 3.8) is 0 Å². The molecule has 2 atom stereocenters. The van der Waals surface area contributed by atoms with Crippen LogP contribution in [0.1, 0.15) is 37.7 Å². The van der Waals surface area contributed by atoms with Gasteiger partial charge in [0.25, 0.3) is 0 Å². The summed E-state index contributed by atoms with van der Waals surface area (Å²) in [7, 11) is 3.95. The van der Waals surface area contributed by atoms with Crippen molar-refractivity contribution in [2.75, 3.05) is 25.5 Å². The highest BCUT2D eigenvalue weighted by Crippen LogP contribution is 2.36. The fraction of sp³-hybridized carbons (Fsp3) is 0.647. The lowest BCUT2D eigenvalue weighted by Crippen LogP contribution is -2.50. The van der Waals surface area contributed by atoms with Gasteiger partial charge in [-0.15, -0.1) is 0 Å². The van der Waals surface area contributed by atoms with Crippen LogP contribution >= 0.6 is 0 Å². The molecule has 5 heteroatoms. The zero-order chi connectivity index (χ0) is 15.5. The highest BCUT2D eigenvalue weighted by Gasteiger charge is 2.37. The van der Waals surface area contributed by atoms with Gasteiger partial charge in [-0.1, -0.05) is 12.5 Å². The molecular weight excluding hydrogens is 276 g/mol. The summed E-state index contributed by atoms with van der Waals surface area (Å²) in [5, 5.41) is 3.10. The average molecular weight is 302 g/mol. The molecule has 2 aliphatic rings. The first-order valence-electron chi connectivity index (χ1n) is 8.32. The quantitative estimate of drug-likeness (QED) is 0.933. The van der Waals surface area contributed by atoms with Crippen molar-refractivity contribution in [1.29, 1.82) is 0 Å². The number of hydrogen-bond donors (Lipinski definition) is 1. The number of amides is 2. The summed E-state index contributed by atoms with van der Waals surface area (Å²) in [5.74, 6) is 1.65. The van der Waals surface area contributed by atoms with Crippen molar-refractivity contribution in [3.8, 4) is 0 Å². The molecule has 1 aromatic heterocycles. The lowest BCUT2D eigenvalue weighted by Gasteiger charge is -2.37. The third-order valence-electron chi connectivity index (χ3n) is 4.98. The predicted molar refractivity (Wildman–Crippen MR) is 87.9 cm³/mol. The SMILES string of the molecule is CN(C)c1ncccc1CNC(=O)N1CCCC2CCCC21. The maximum atomic E-state index is 12.6. The van der Waals surface area contributed by atoms with Gasteiger partial charge in [0.15, 0.2) is 0 Å². The van der Waals surface area contributed by atoms with Gasteiger partial charge >= 0.3 is 6.03 Å². The molecule has 120 valence electrons. The van der Waals surface area contributed by atoms with Crippen molar-refractivity contribution >= 4 is 11.8 Å². The molecule has 1 aliphatic heterocycles. The van der Waals surface area contributed by atoms with Crippen LogP contribution in [0.3, 0.4) is 0 Å². The number of fused-ring (bicyclic) bond motifs is 1. The molecule has 1 N–H and O–H groups in total. The molecule has 5 nitrogen and oxygen atoms in total. The fourth-order valence-electron chi connectivity index (χ4n) is 3.95. The number of hydrogen-bond acceptors (Lipinski definition) is 3. The molecule has 0 spiro atoms. The number of pyridine rings is 1. The number of aromatic nitrogens is 1.